The van der Waals surface area contributed by atoms with Crippen molar-refractivity contribution in [1.29, 1.82) is 0 Å². The Balaban J connectivity index is 2.68. The van der Waals surface area contributed by atoms with Crippen LogP contribution in [-0.4, -0.2) is 23.0 Å². The van der Waals surface area contributed by atoms with Crippen LogP contribution in [0.15, 0.2) is 18.5 Å². The second-order valence-corrected chi connectivity index (χ2v) is 3.58. The van der Waals surface area contributed by atoms with Gasteiger partial charge in [0.15, 0.2) is 0 Å². The van der Waals surface area contributed by atoms with E-state index >= 15 is 0 Å². The van der Waals surface area contributed by atoms with Crippen molar-refractivity contribution in [1.82, 2.24) is 9.97 Å². The minimum Gasteiger partial charge on any atom is -0.465 e. The van der Waals surface area contributed by atoms with Gasteiger partial charge in [-0.25, -0.2) is 9.78 Å². The van der Waals surface area contributed by atoms with Crippen molar-refractivity contribution in [2.45, 2.75) is 5.33 Å². The molecule has 0 unspecified atom stereocenters. The van der Waals surface area contributed by atoms with Crippen LogP contribution in [0.2, 0.25) is 0 Å². The van der Waals surface area contributed by atoms with Crippen LogP contribution in [0.4, 0.5) is 0 Å². The minimum absolute atomic E-state index is 0.356. The van der Waals surface area contributed by atoms with Crippen molar-refractivity contribution < 1.29 is 9.53 Å². The van der Waals surface area contributed by atoms with Crippen LogP contribution in [-0.2, 0) is 10.1 Å². The molecule has 15 heavy (non-hydrogen) atoms. The SMILES string of the molecule is COC(=O)c1ccc(CBr)c2nc[nH]c12. The molecule has 0 bridgehead atoms. The Hall–Kier alpha value is -1.36. The Morgan fingerprint density at radius 2 is 2.40 bits per heavy atom. The van der Waals surface area contributed by atoms with Crippen LogP contribution in [0.5, 0.6) is 0 Å². The lowest BCUT2D eigenvalue weighted by Crippen LogP contribution is -2.02. The van der Waals surface area contributed by atoms with Gasteiger partial charge in [-0.15, -0.1) is 0 Å². The quantitative estimate of drug-likeness (QED) is 0.672. The van der Waals surface area contributed by atoms with Gasteiger partial charge in [-0.05, 0) is 11.6 Å². The number of nitrogens with zero attached hydrogens (tertiary/aromatic N) is 1. The summed E-state index contributed by atoms with van der Waals surface area (Å²) in [5, 5.41) is 0.704. The van der Waals surface area contributed by atoms with E-state index in [1.807, 2.05) is 6.07 Å². The molecule has 0 atom stereocenters. The lowest BCUT2D eigenvalue weighted by Gasteiger charge is -2.03. The minimum atomic E-state index is -0.356. The summed E-state index contributed by atoms with van der Waals surface area (Å²) in [5.41, 5.74) is 3.07. The van der Waals surface area contributed by atoms with Crippen LogP contribution < -0.4 is 0 Å². The molecule has 5 heteroatoms. The number of nitrogens with one attached hydrogen (secondary N) is 1. The molecule has 0 aliphatic heterocycles. The summed E-state index contributed by atoms with van der Waals surface area (Å²) < 4.78 is 4.69. The fourth-order valence-electron chi connectivity index (χ4n) is 1.48. The molecule has 0 radical (unpaired) electrons. The number of carbonyl (C=O) groups excluding carboxylic acids is 1. The Labute approximate surface area is 94.8 Å². The number of alkyl halides is 1. The second kappa shape index (κ2) is 4.02. The van der Waals surface area contributed by atoms with E-state index in [0.717, 1.165) is 16.6 Å². The van der Waals surface area contributed by atoms with Gasteiger partial charge in [-0.1, -0.05) is 22.0 Å². The van der Waals surface area contributed by atoms with E-state index in [1.165, 1.54) is 7.11 Å². The van der Waals surface area contributed by atoms with Gasteiger partial charge < -0.3 is 9.72 Å². The summed E-state index contributed by atoms with van der Waals surface area (Å²) in [5.74, 6) is -0.356. The average molecular weight is 269 g/mol. The van der Waals surface area contributed by atoms with Crippen molar-refractivity contribution in [2.24, 2.45) is 0 Å². The highest BCUT2D eigenvalue weighted by atomic mass is 79.9. The summed E-state index contributed by atoms with van der Waals surface area (Å²) in [4.78, 5) is 18.6. The van der Waals surface area contributed by atoms with Gasteiger partial charge >= 0.3 is 5.97 Å². The maximum atomic E-state index is 11.4. The number of methoxy groups -OCH3 is 1. The number of halogens is 1. The van der Waals surface area contributed by atoms with Crippen LogP contribution >= 0.6 is 15.9 Å². The number of carbonyl (C=O) groups is 1. The first-order chi connectivity index (χ1) is 7.27. The third kappa shape index (κ3) is 1.63. The van der Waals surface area contributed by atoms with Gasteiger partial charge in [-0.3, -0.25) is 0 Å². The van der Waals surface area contributed by atoms with Gasteiger partial charge in [0.25, 0.3) is 0 Å². The zero-order valence-electron chi connectivity index (χ0n) is 8.08. The van der Waals surface area contributed by atoms with Crippen molar-refractivity contribution in [3.63, 3.8) is 0 Å². The lowest BCUT2D eigenvalue weighted by molar-refractivity contribution is 0.0603. The Morgan fingerprint density at radius 1 is 1.60 bits per heavy atom. The first-order valence-corrected chi connectivity index (χ1v) is 5.49. The number of hydrogen-bond acceptors (Lipinski definition) is 3. The third-order valence-electron chi connectivity index (χ3n) is 2.21. The first-order valence-electron chi connectivity index (χ1n) is 4.37. The van der Waals surface area contributed by atoms with Gasteiger partial charge in [0.05, 0.1) is 30.0 Å². The number of hydrogen-bond donors (Lipinski definition) is 1. The highest BCUT2D eigenvalue weighted by Crippen LogP contribution is 2.21. The van der Waals surface area contributed by atoms with Crippen molar-refractivity contribution in [2.75, 3.05) is 7.11 Å². The van der Waals surface area contributed by atoms with E-state index in [0.29, 0.717) is 10.9 Å². The van der Waals surface area contributed by atoms with Crippen molar-refractivity contribution in [3.8, 4) is 0 Å². The molecule has 0 aliphatic carbocycles. The number of aromatic amines is 1. The smallest absolute Gasteiger partial charge is 0.340 e. The molecule has 2 rings (SSSR count). The van der Waals surface area contributed by atoms with E-state index in [9.17, 15) is 4.79 Å². The highest BCUT2D eigenvalue weighted by Gasteiger charge is 2.13. The fraction of sp³-hybridized carbons (Fsp3) is 0.200. The number of aromatic nitrogens is 2. The molecular formula is C10H9BrN2O2. The molecule has 0 aliphatic rings. The van der Waals surface area contributed by atoms with Crippen molar-refractivity contribution in [3.05, 3.63) is 29.6 Å². The Morgan fingerprint density at radius 3 is 3.07 bits per heavy atom. The van der Waals surface area contributed by atoms with Gasteiger partial charge in [0.1, 0.15) is 0 Å². The van der Waals surface area contributed by atoms with Crippen LogP contribution in [0, 0.1) is 0 Å². The number of ether oxygens (including phenoxy) is 1. The fourth-order valence-corrected chi connectivity index (χ4v) is 1.93. The summed E-state index contributed by atoms with van der Waals surface area (Å²) >= 11 is 3.37. The van der Waals surface area contributed by atoms with Crippen LogP contribution in [0.25, 0.3) is 11.0 Å². The number of esters is 1. The number of fused-ring (bicyclic) bond motifs is 1. The van der Waals surface area contributed by atoms with E-state index in [1.54, 1.807) is 12.4 Å². The second-order valence-electron chi connectivity index (χ2n) is 3.02. The molecule has 2 aromatic rings. The molecule has 1 N–H and O–H groups in total. The molecule has 0 fully saturated rings. The van der Waals surface area contributed by atoms with E-state index in [4.69, 9.17) is 0 Å². The lowest BCUT2D eigenvalue weighted by atomic mass is 10.1. The molecule has 78 valence electrons. The molecular weight excluding hydrogens is 260 g/mol. The van der Waals surface area contributed by atoms with E-state index in [2.05, 4.69) is 30.6 Å². The average Bonchev–Trinajstić information content (AvgIpc) is 2.75. The predicted octanol–water partition coefficient (Wildman–Crippen LogP) is 2.24. The monoisotopic (exact) mass is 268 g/mol. The summed E-state index contributed by atoms with van der Waals surface area (Å²) in [6, 6.07) is 3.60. The molecule has 1 heterocycles. The van der Waals surface area contributed by atoms with Crippen LogP contribution in [0.1, 0.15) is 15.9 Å². The number of imidazole rings is 1. The zero-order chi connectivity index (χ0) is 10.8. The largest absolute Gasteiger partial charge is 0.465 e. The molecule has 0 saturated carbocycles. The van der Waals surface area contributed by atoms with Gasteiger partial charge in [0.2, 0.25) is 0 Å². The normalized spacial score (nSPS) is 10.5. The van der Waals surface area contributed by atoms with Crippen molar-refractivity contribution >= 4 is 32.9 Å². The zero-order valence-corrected chi connectivity index (χ0v) is 9.67. The van der Waals surface area contributed by atoms with Gasteiger partial charge in [-0.2, -0.15) is 0 Å². The standard InChI is InChI=1S/C10H9BrN2O2/c1-15-10(14)7-3-2-6(4-11)8-9(7)13-5-12-8/h2-3,5H,4H2,1H3,(H,12,13). The summed E-state index contributed by atoms with van der Waals surface area (Å²) in [6.07, 6.45) is 1.57. The number of benzene rings is 1. The van der Waals surface area contributed by atoms with Crippen LogP contribution in [0.3, 0.4) is 0 Å². The third-order valence-corrected chi connectivity index (χ3v) is 2.82. The number of H-pyrrole nitrogens is 1. The van der Waals surface area contributed by atoms with E-state index in [-0.39, 0.29) is 5.97 Å². The predicted molar refractivity (Wildman–Crippen MR) is 60.1 cm³/mol. The summed E-state index contributed by atoms with van der Waals surface area (Å²) in [6.45, 7) is 0. The molecule has 0 spiro atoms. The molecule has 1 aromatic heterocycles. The number of rotatable bonds is 2. The van der Waals surface area contributed by atoms with Gasteiger partial charge in [0, 0.05) is 5.33 Å². The highest BCUT2D eigenvalue weighted by molar-refractivity contribution is 9.08. The topological polar surface area (TPSA) is 55.0 Å². The Bertz CT molecular complexity index is 507. The van der Waals surface area contributed by atoms with E-state index < -0.39 is 0 Å². The maximum absolute atomic E-state index is 11.4. The maximum Gasteiger partial charge on any atom is 0.340 e. The molecule has 1 aromatic carbocycles. The summed E-state index contributed by atoms with van der Waals surface area (Å²) in [7, 11) is 1.36. The first kappa shape index (κ1) is 10.2. The molecule has 4 nitrogen and oxygen atoms in total. The molecule has 0 amide bonds. The Kier molecular flexibility index (Phi) is 2.73. The molecule has 0 saturated heterocycles.